The van der Waals surface area contributed by atoms with Gasteiger partial charge >= 0.3 is 0 Å². The van der Waals surface area contributed by atoms with Crippen molar-refractivity contribution in [3.63, 3.8) is 0 Å². The number of hydrogen-bond donors (Lipinski definition) is 0. The highest BCUT2D eigenvalue weighted by atomic mass is 16.5. The van der Waals surface area contributed by atoms with E-state index in [4.69, 9.17) is 18.9 Å². The number of furan rings is 1. The number of hydrogen-bond acceptors (Lipinski definition) is 6. The smallest absolute Gasteiger partial charge is 0.222 e. The van der Waals surface area contributed by atoms with Gasteiger partial charge in [-0.1, -0.05) is 6.92 Å². The van der Waals surface area contributed by atoms with E-state index in [-0.39, 0.29) is 5.91 Å². The van der Waals surface area contributed by atoms with Gasteiger partial charge in [-0.15, -0.1) is 0 Å². The summed E-state index contributed by atoms with van der Waals surface area (Å²) in [6.45, 7) is 2.67. The zero-order chi connectivity index (χ0) is 21.0. The predicted molar refractivity (Wildman–Crippen MR) is 112 cm³/mol. The molecule has 0 aliphatic heterocycles. The van der Waals surface area contributed by atoms with Crippen LogP contribution in [-0.2, 0) is 17.9 Å². The summed E-state index contributed by atoms with van der Waals surface area (Å²) >= 11 is 0. The Morgan fingerprint density at radius 1 is 1.10 bits per heavy atom. The SMILES string of the molecule is CCC(=O)N(Cc1ccco1)Cc1cc2c(OC)ccc(OC)c2nc1N(C)C. The van der Waals surface area contributed by atoms with E-state index in [9.17, 15) is 4.79 Å². The molecule has 1 amide bonds. The summed E-state index contributed by atoms with van der Waals surface area (Å²) in [7, 11) is 7.12. The zero-order valence-corrected chi connectivity index (χ0v) is 17.6. The molecular formula is C22H27N3O4. The van der Waals surface area contributed by atoms with Gasteiger partial charge in [0.1, 0.15) is 28.6 Å². The van der Waals surface area contributed by atoms with Crippen LogP contribution in [0.5, 0.6) is 11.5 Å². The van der Waals surface area contributed by atoms with Crippen LogP contribution in [0.15, 0.2) is 41.0 Å². The molecule has 2 aromatic heterocycles. The average molecular weight is 397 g/mol. The van der Waals surface area contributed by atoms with Crippen molar-refractivity contribution < 1.29 is 18.7 Å². The second kappa shape index (κ2) is 8.86. The summed E-state index contributed by atoms with van der Waals surface area (Å²) < 4.78 is 16.5. The molecule has 0 unspecified atom stereocenters. The molecule has 7 heteroatoms. The highest BCUT2D eigenvalue weighted by molar-refractivity contribution is 5.92. The molecule has 0 aliphatic rings. The second-order valence-electron chi connectivity index (χ2n) is 6.91. The number of carbonyl (C=O) groups is 1. The van der Waals surface area contributed by atoms with Crippen LogP contribution in [0.2, 0.25) is 0 Å². The summed E-state index contributed by atoms with van der Waals surface area (Å²) in [5, 5.41) is 0.842. The normalized spacial score (nSPS) is 10.8. The summed E-state index contributed by atoms with van der Waals surface area (Å²) in [5.74, 6) is 2.94. The zero-order valence-electron chi connectivity index (χ0n) is 17.6. The minimum atomic E-state index is 0.0452. The second-order valence-corrected chi connectivity index (χ2v) is 6.91. The third-order valence-electron chi connectivity index (χ3n) is 4.77. The molecule has 0 bridgehead atoms. The van der Waals surface area contributed by atoms with Gasteiger partial charge < -0.3 is 23.7 Å². The molecule has 0 radical (unpaired) electrons. The lowest BCUT2D eigenvalue weighted by Crippen LogP contribution is -2.30. The Hall–Kier alpha value is -3.22. The minimum Gasteiger partial charge on any atom is -0.496 e. The summed E-state index contributed by atoms with van der Waals surface area (Å²) in [4.78, 5) is 21.2. The molecule has 0 aliphatic carbocycles. The van der Waals surface area contributed by atoms with Crippen LogP contribution in [-0.4, -0.2) is 44.1 Å². The Kier molecular flexibility index (Phi) is 6.26. The third kappa shape index (κ3) is 4.29. The number of methoxy groups -OCH3 is 2. The predicted octanol–water partition coefficient (Wildman–Crippen LogP) is 3.85. The molecule has 2 heterocycles. The molecule has 0 saturated carbocycles. The average Bonchev–Trinajstić information content (AvgIpc) is 3.24. The molecule has 0 fully saturated rings. The van der Waals surface area contributed by atoms with Crippen molar-refractivity contribution in [2.75, 3.05) is 33.2 Å². The number of aromatic nitrogens is 1. The maximum atomic E-state index is 12.6. The summed E-state index contributed by atoms with van der Waals surface area (Å²) in [6, 6.07) is 9.42. The van der Waals surface area contributed by atoms with Crippen LogP contribution < -0.4 is 14.4 Å². The Morgan fingerprint density at radius 3 is 2.41 bits per heavy atom. The maximum Gasteiger partial charge on any atom is 0.222 e. The highest BCUT2D eigenvalue weighted by Gasteiger charge is 2.20. The number of benzene rings is 1. The largest absolute Gasteiger partial charge is 0.496 e. The molecule has 3 aromatic rings. The lowest BCUT2D eigenvalue weighted by atomic mass is 10.1. The van der Waals surface area contributed by atoms with E-state index < -0.39 is 0 Å². The number of rotatable bonds is 8. The number of pyridine rings is 1. The molecule has 29 heavy (non-hydrogen) atoms. The van der Waals surface area contributed by atoms with Crippen molar-refractivity contribution in [1.29, 1.82) is 0 Å². The first-order chi connectivity index (χ1) is 14.0. The third-order valence-corrected chi connectivity index (χ3v) is 4.77. The van der Waals surface area contributed by atoms with Crippen LogP contribution in [0.1, 0.15) is 24.7 Å². The molecule has 3 rings (SSSR count). The molecule has 0 N–H and O–H groups in total. The summed E-state index contributed by atoms with van der Waals surface area (Å²) in [6.07, 6.45) is 2.03. The first-order valence-electron chi connectivity index (χ1n) is 9.50. The Labute approximate surface area is 170 Å². The first-order valence-corrected chi connectivity index (χ1v) is 9.50. The molecule has 7 nitrogen and oxygen atoms in total. The van der Waals surface area contributed by atoms with Gasteiger partial charge in [-0.05, 0) is 30.3 Å². The highest BCUT2D eigenvalue weighted by Crippen LogP contribution is 2.35. The fraction of sp³-hybridized carbons (Fsp3) is 0.364. The van der Waals surface area contributed by atoms with Gasteiger partial charge in [0.25, 0.3) is 0 Å². The molecule has 0 atom stereocenters. The number of anilines is 1. The lowest BCUT2D eigenvalue weighted by molar-refractivity contribution is -0.132. The monoisotopic (exact) mass is 397 g/mol. The molecule has 1 aromatic carbocycles. The molecule has 0 spiro atoms. The van der Waals surface area contributed by atoms with E-state index in [1.807, 2.05) is 56.3 Å². The Bertz CT molecular complexity index is 983. The van der Waals surface area contributed by atoms with Crippen molar-refractivity contribution in [2.45, 2.75) is 26.4 Å². The van der Waals surface area contributed by atoms with E-state index in [0.717, 1.165) is 28.0 Å². The van der Waals surface area contributed by atoms with Crippen molar-refractivity contribution in [2.24, 2.45) is 0 Å². The van der Waals surface area contributed by atoms with Crippen molar-refractivity contribution in [3.05, 3.63) is 47.9 Å². The maximum absolute atomic E-state index is 12.6. The molecule has 0 saturated heterocycles. The van der Waals surface area contributed by atoms with Gasteiger partial charge in [0.15, 0.2) is 0 Å². The van der Waals surface area contributed by atoms with Crippen LogP contribution in [0.3, 0.4) is 0 Å². The van der Waals surface area contributed by atoms with Crippen molar-refractivity contribution in [1.82, 2.24) is 9.88 Å². The Morgan fingerprint density at radius 2 is 1.83 bits per heavy atom. The number of ether oxygens (including phenoxy) is 2. The first kappa shape index (κ1) is 20.5. The van der Waals surface area contributed by atoms with Gasteiger partial charge in [-0.25, -0.2) is 4.98 Å². The van der Waals surface area contributed by atoms with Crippen LogP contribution in [0.25, 0.3) is 10.9 Å². The molecular weight excluding hydrogens is 370 g/mol. The Balaban J connectivity index is 2.10. The number of nitrogens with zero attached hydrogens (tertiary/aromatic N) is 3. The standard InChI is InChI=1S/C22H27N3O4/c1-6-20(26)25(14-16-8-7-11-29-16)13-15-12-17-18(27-4)9-10-19(28-5)21(17)23-22(15)24(2)3/h7-12H,6,13-14H2,1-5H3. The fourth-order valence-electron chi connectivity index (χ4n) is 3.34. The van der Waals surface area contributed by atoms with E-state index in [2.05, 4.69) is 0 Å². The summed E-state index contributed by atoms with van der Waals surface area (Å²) in [5.41, 5.74) is 1.64. The number of fused-ring (bicyclic) bond motifs is 1. The fourth-order valence-corrected chi connectivity index (χ4v) is 3.34. The van der Waals surface area contributed by atoms with Gasteiger partial charge in [0, 0.05) is 38.0 Å². The van der Waals surface area contributed by atoms with Crippen molar-refractivity contribution >= 4 is 22.6 Å². The van der Waals surface area contributed by atoms with Gasteiger partial charge in [0.2, 0.25) is 5.91 Å². The number of amides is 1. The van der Waals surface area contributed by atoms with E-state index in [1.54, 1.807) is 25.4 Å². The minimum absolute atomic E-state index is 0.0452. The van der Waals surface area contributed by atoms with E-state index in [1.165, 1.54) is 0 Å². The number of carbonyl (C=O) groups excluding carboxylic acids is 1. The van der Waals surface area contributed by atoms with E-state index in [0.29, 0.717) is 31.0 Å². The van der Waals surface area contributed by atoms with Crippen LogP contribution >= 0.6 is 0 Å². The topological polar surface area (TPSA) is 68.0 Å². The quantitative estimate of drug-likeness (QED) is 0.575. The van der Waals surface area contributed by atoms with Gasteiger partial charge in [0.05, 0.1) is 27.0 Å². The van der Waals surface area contributed by atoms with E-state index >= 15 is 0 Å². The van der Waals surface area contributed by atoms with Crippen molar-refractivity contribution in [3.8, 4) is 11.5 Å². The molecule has 154 valence electrons. The van der Waals surface area contributed by atoms with Crippen LogP contribution in [0, 0.1) is 0 Å². The lowest BCUT2D eigenvalue weighted by Gasteiger charge is -2.25. The van der Waals surface area contributed by atoms with Gasteiger partial charge in [-0.2, -0.15) is 0 Å². The van der Waals surface area contributed by atoms with Crippen LogP contribution in [0.4, 0.5) is 5.82 Å². The van der Waals surface area contributed by atoms with Gasteiger partial charge in [-0.3, -0.25) is 4.79 Å².